The number of fused-ring (bicyclic) bond motifs is 3. The lowest BCUT2D eigenvalue weighted by Crippen LogP contribution is -2.32. The van der Waals surface area contributed by atoms with Gasteiger partial charge in [-0.2, -0.15) is 0 Å². The van der Waals surface area contributed by atoms with Crippen molar-refractivity contribution in [1.29, 1.82) is 0 Å². The second kappa shape index (κ2) is 14.8. The predicted molar refractivity (Wildman–Crippen MR) is 175 cm³/mol. The maximum atomic E-state index is 12.7. The summed E-state index contributed by atoms with van der Waals surface area (Å²) < 4.78 is 86.3. The Hall–Kier alpha value is -3.25. The molecule has 0 amide bonds. The molecule has 2 aliphatic rings. The van der Waals surface area contributed by atoms with E-state index in [0.29, 0.717) is 17.2 Å². The van der Waals surface area contributed by atoms with E-state index in [2.05, 4.69) is 27.9 Å². The lowest BCUT2D eigenvalue weighted by atomic mass is 10.1. The SMILES string of the molecule is Nc1ncnc2c1ncn2[C@@H]1O[C@H](COP(=O)([O-])OP(=O)([O-])OP(=O)([O-])OP(=O)([O-])Cc2cccc3ccccc23)[C@@H]2OC(Cc3ccccc3)OC21. The van der Waals surface area contributed by atoms with Gasteiger partial charge in [0, 0.05) is 12.6 Å². The van der Waals surface area contributed by atoms with E-state index < -0.39 is 74.7 Å². The summed E-state index contributed by atoms with van der Waals surface area (Å²) in [6.07, 6.45) is -3.13. The molecule has 4 heterocycles. The Balaban J connectivity index is 1.02. The van der Waals surface area contributed by atoms with Crippen molar-refractivity contribution >= 4 is 58.8 Å². The van der Waals surface area contributed by atoms with Crippen molar-refractivity contribution in [3.63, 3.8) is 0 Å². The van der Waals surface area contributed by atoms with Gasteiger partial charge < -0.3 is 48.6 Å². The molecule has 2 aliphatic heterocycles. The lowest BCUT2D eigenvalue weighted by molar-refractivity contribution is -0.251. The van der Waals surface area contributed by atoms with E-state index in [4.69, 9.17) is 24.5 Å². The van der Waals surface area contributed by atoms with Crippen molar-refractivity contribution in [3.8, 4) is 0 Å². The van der Waals surface area contributed by atoms with Crippen LogP contribution in [0.3, 0.4) is 0 Å². The van der Waals surface area contributed by atoms with Crippen molar-refractivity contribution in [3.05, 3.63) is 96.6 Å². The van der Waals surface area contributed by atoms with Gasteiger partial charge in [-0.1, -0.05) is 72.8 Å². The van der Waals surface area contributed by atoms with E-state index in [0.717, 1.165) is 5.56 Å². The minimum absolute atomic E-state index is 0.0818. The van der Waals surface area contributed by atoms with E-state index in [9.17, 15) is 37.8 Å². The van der Waals surface area contributed by atoms with Gasteiger partial charge in [-0.3, -0.25) is 22.6 Å². The molecule has 2 saturated heterocycles. The highest BCUT2D eigenvalue weighted by molar-refractivity contribution is 7.69. The lowest BCUT2D eigenvalue weighted by Gasteiger charge is -2.37. The van der Waals surface area contributed by atoms with Crippen LogP contribution < -0.4 is 25.3 Å². The van der Waals surface area contributed by atoms with Crippen molar-refractivity contribution in [2.24, 2.45) is 0 Å². The van der Waals surface area contributed by atoms with Crippen LogP contribution in [0.5, 0.6) is 0 Å². The Morgan fingerprint density at radius 3 is 2.23 bits per heavy atom. The van der Waals surface area contributed by atoms with Crippen LogP contribution in [0.1, 0.15) is 17.4 Å². The largest absolute Gasteiger partial charge is 0.778 e. The quantitative estimate of drug-likeness (QED) is 0.157. The third-order valence-corrected chi connectivity index (χ3v) is 14.3. The van der Waals surface area contributed by atoms with Gasteiger partial charge in [-0.05, 0) is 21.9 Å². The summed E-state index contributed by atoms with van der Waals surface area (Å²) in [5.41, 5.74) is 7.42. The van der Waals surface area contributed by atoms with Crippen LogP contribution in [0.25, 0.3) is 21.9 Å². The second-order valence-electron chi connectivity index (χ2n) is 11.8. The van der Waals surface area contributed by atoms with Crippen LogP contribution in [0.15, 0.2) is 85.5 Å². The Kier molecular flexibility index (Phi) is 10.6. The number of anilines is 1. The molecule has 0 radical (unpaired) electrons. The fraction of sp³-hybridized carbons (Fsp3) is 0.276. The number of imidazole rings is 1. The summed E-state index contributed by atoms with van der Waals surface area (Å²) in [5, 5.41) is 1.10. The summed E-state index contributed by atoms with van der Waals surface area (Å²) in [7, 11) is -24.1. The van der Waals surface area contributed by atoms with Gasteiger partial charge in [0.15, 0.2) is 24.0 Å². The van der Waals surface area contributed by atoms with Crippen LogP contribution in [0.4, 0.5) is 5.82 Å². The number of nitrogens with zero attached hydrogens (tertiary/aromatic N) is 4. The number of hydrogen-bond donors (Lipinski definition) is 1. The van der Waals surface area contributed by atoms with Gasteiger partial charge in [0.25, 0.3) is 23.5 Å². The Morgan fingerprint density at radius 1 is 0.755 bits per heavy atom. The summed E-state index contributed by atoms with van der Waals surface area (Å²) in [6.45, 7) is -0.921. The Morgan fingerprint density at radius 2 is 1.43 bits per heavy atom. The van der Waals surface area contributed by atoms with Crippen LogP contribution in [0, 0.1) is 0 Å². The number of nitrogens with two attached hydrogens (primary N) is 1. The van der Waals surface area contributed by atoms with Crippen molar-refractivity contribution in [2.45, 2.75) is 43.4 Å². The zero-order valence-electron chi connectivity index (χ0n) is 26.9. The summed E-state index contributed by atoms with van der Waals surface area (Å²) >= 11 is 0. The average Bonchev–Trinajstić information content (AvgIpc) is 3.77. The molecule has 0 spiro atoms. The molecule has 24 heteroatoms. The molecule has 2 fully saturated rings. The molecule has 0 aliphatic carbocycles. The molecular formula is C29H27N5O15P4-4. The van der Waals surface area contributed by atoms with Gasteiger partial charge in [0.1, 0.15) is 37.8 Å². The molecule has 53 heavy (non-hydrogen) atoms. The van der Waals surface area contributed by atoms with Crippen molar-refractivity contribution in [1.82, 2.24) is 19.5 Å². The van der Waals surface area contributed by atoms with Crippen LogP contribution in [-0.2, 0) is 62.5 Å². The molecule has 9 atom stereocenters. The maximum absolute atomic E-state index is 12.7. The Bertz CT molecular complexity index is 2330. The molecule has 0 bridgehead atoms. The van der Waals surface area contributed by atoms with E-state index in [-0.39, 0.29) is 22.5 Å². The molecule has 20 nitrogen and oxygen atoms in total. The number of hydrogen-bond acceptors (Lipinski definition) is 19. The van der Waals surface area contributed by atoms with Crippen LogP contribution in [-0.4, -0.2) is 50.7 Å². The maximum Gasteiger partial charge on any atom is 0.280 e. The highest BCUT2D eigenvalue weighted by atomic mass is 31.3. The summed E-state index contributed by atoms with van der Waals surface area (Å²) in [6, 6.07) is 20.4. The summed E-state index contributed by atoms with van der Waals surface area (Å²) in [5.74, 6) is 0.0818. The molecule has 0 saturated carbocycles. The number of nitrogen functional groups attached to an aromatic ring is 1. The Labute approximate surface area is 299 Å². The topological polar surface area (TPSA) is 295 Å². The minimum atomic E-state index is -6.41. The number of aromatic nitrogens is 4. The predicted octanol–water partition coefficient (Wildman–Crippen LogP) is 2.04. The van der Waals surface area contributed by atoms with Gasteiger partial charge in [0.05, 0.1) is 12.9 Å². The molecule has 3 aromatic carbocycles. The highest BCUT2D eigenvalue weighted by Crippen LogP contribution is 2.67. The molecular weight excluding hydrogens is 782 g/mol. The fourth-order valence-corrected chi connectivity index (χ4v) is 11.4. The third kappa shape index (κ3) is 8.85. The van der Waals surface area contributed by atoms with Crippen molar-refractivity contribution < 1.29 is 69.5 Å². The first-order chi connectivity index (χ1) is 25.1. The zero-order valence-corrected chi connectivity index (χ0v) is 30.4. The summed E-state index contributed by atoms with van der Waals surface area (Å²) in [4.78, 5) is 62.4. The first-order valence-electron chi connectivity index (χ1n) is 15.5. The third-order valence-electron chi connectivity index (χ3n) is 8.08. The number of ether oxygens (including phenoxy) is 3. The smallest absolute Gasteiger partial charge is 0.280 e. The molecule has 2 N–H and O–H groups in total. The van der Waals surface area contributed by atoms with Gasteiger partial charge in [-0.15, -0.1) is 0 Å². The first kappa shape index (κ1) is 38.0. The van der Waals surface area contributed by atoms with E-state index in [1.165, 1.54) is 29.4 Å². The van der Waals surface area contributed by atoms with E-state index in [1.54, 1.807) is 30.3 Å². The van der Waals surface area contributed by atoms with Crippen molar-refractivity contribution in [2.75, 3.05) is 12.3 Å². The molecule has 6 unspecified atom stereocenters. The first-order valence-corrected chi connectivity index (χ1v) is 21.6. The van der Waals surface area contributed by atoms with Gasteiger partial charge >= 0.3 is 0 Å². The number of benzene rings is 3. The normalized spacial score (nSPS) is 26.1. The zero-order chi connectivity index (χ0) is 37.6. The number of phosphoric ester groups is 1. The highest BCUT2D eigenvalue weighted by Gasteiger charge is 2.54. The van der Waals surface area contributed by atoms with Gasteiger partial charge in [0.2, 0.25) is 0 Å². The number of rotatable bonds is 14. The molecule has 2 aromatic heterocycles. The van der Waals surface area contributed by atoms with Gasteiger partial charge in [-0.25, -0.2) is 23.6 Å². The monoisotopic (exact) mass is 809 g/mol. The number of phosphoric acid groups is 3. The second-order valence-corrected chi connectivity index (χ2v) is 18.2. The molecule has 5 aromatic rings. The molecule has 7 rings (SSSR count). The average molecular weight is 809 g/mol. The fourth-order valence-electron chi connectivity index (χ4n) is 6.00. The van der Waals surface area contributed by atoms with Crippen LogP contribution >= 0.6 is 31.1 Å². The minimum Gasteiger partial charge on any atom is -0.778 e. The standard InChI is InChI=1S/C29H31N5O15P4/c30-27-24-28(32-16-31-27)34(17-33-24)29-26-25(45-23(46-26)13-18-7-2-1-3-8-18)22(44-29)14-43-51(37,38)48-53(41,42)49-52(39,40)47-50(35,36)15-20-11-6-10-19-9-4-5-12-21(19)20/h1-12,16-17,22-23,25-26,29H,13-15H2,(H,35,36)(H,37,38)(H,39,40)(H,41,42)(H2,30,31,32)/p-4/t22-,23?,25+,26?,29-/m1/s1. The van der Waals surface area contributed by atoms with E-state index >= 15 is 0 Å². The van der Waals surface area contributed by atoms with Crippen LogP contribution in [0.2, 0.25) is 0 Å². The molecule has 282 valence electrons. The van der Waals surface area contributed by atoms with E-state index in [1.807, 2.05) is 30.3 Å².